The molecule has 0 rings (SSSR count). The van der Waals surface area contributed by atoms with Crippen molar-refractivity contribution in [1.82, 2.24) is 16.0 Å². The van der Waals surface area contributed by atoms with E-state index in [0.717, 1.165) is 0 Å². The summed E-state index contributed by atoms with van der Waals surface area (Å²) in [7, 11) is 0. The summed E-state index contributed by atoms with van der Waals surface area (Å²) < 4.78 is 0. The lowest BCUT2D eigenvalue weighted by molar-refractivity contribution is -0.143. The maximum Gasteiger partial charge on any atom is 0.326 e. The summed E-state index contributed by atoms with van der Waals surface area (Å²) in [5.74, 6) is -5.87. The van der Waals surface area contributed by atoms with Crippen LogP contribution < -0.4 is 27.4 Å². The fourth-order valence-corrected chi connectivity index (χ4v) is 2.97. The topological polar surface area (TPSA) is 231 Å². The van der Waals surface area contributed by atoms with E-state index in [1.54, 1.807) is 0 Å². The van der Waals surface area contributed by atoms with Crippen molar-refractivity contribution in [3.05, 3.63) is 0 Å². The van der Waals surface area contributed by atoms with E-state index in [0.29, 0.717) is 6.42 Å². The number of carboxylic acid groups (broad SMARTS) is 2. The lowest BCUT2D eigenvalue weighted by atomic mass is 10.0. The first kappa shape index (κ1) is 30.1. The number of carboxylic acids is 2. The molecule has 4 atom stereocenters. The molecule has 0 bridgehead atoms. The minimum Gasteiger partial charge on any atom is -0.481 e. The van der Waals surface area contributed by atoms with Gasteiger partial charge in [0, 0.05) is 18.6 Å². The summed E-state index contributed by atoms with van der Waals surface area (Å²) in [4.78, 5) is 70.6. The maximum absolute atomic E-state index is 12.7. The quantitative estimate of drug-likeness (QED) is 0.111. The number of amides is 4. The molecular formula is C19H33N5O8S. The maximum atomic E-state index is 12.7. The van der Waals surface area contributed by atoms with Crippen LogP contribution in [0.25, 0.3) is 0 Å². The van der Waals surface area contributed by atoms with Crippen LogP contribution in [0.4, 0.5) is 0 Å². The summed E-state index contributed by atoms with van der Waals surface area (Å²) in [6, 6.07) is -4.93. The highest BCUT2D eigenvalue weighted by Gasteiger charge is 2.30. The van der Waals surface area contributed by atoms with Crippen molar-refractivity contribution in [2.24, 2.45) is 17.4 Å². The molecule has 188 valence electrons. The second kappa shape index (κ2) is 15.1. The Kier molecular flexibility index (Phi) is 13.7. The van der Waals surface area contributed by atoms with E-state index in [4.69, 9.17) is 16.6 Å². The number of carbonyl (C=O) groups excluding carboxylic acids is 4. The Bertz CT molecular complexity index is 733. The van der Waals surface area contributed by atoms with Crippen LogP contribution in [0.1, 0.15) is 46.0 Å². The fourth-order valence-electron chi connectivity index (χ4n) is 2.71. The van der Waals surface area contributed by atoms with Crippen molar-refractivity contribution in [3.8, 4) is 0 Å². The third kappa shape index (κ3) is 12.7. The second-order valence-corrected chi connectivity index (χ2v) is 8.24. The van der Waals surface area contributed by atoms with Crippen LogP contribution >= 0.6 is 12.6 Å². The largest absolute Gasteiger partial charge is 0.481 e. The molecule has 0 spiro atoms. The first-order valence-electron chi connectivity index (χ1n) is 10.3. The molecule has 0 aliphatic rings. The van der Waals surface area contributed by atoms with Crippen LogP contribution in [0.15, 0.2) is 0 Å². The lowest BCUT2D eigenvalue weighted by Gasteiger charge is -2.24. The predicted molar refractivity (Wildman–Crippen MR) is 120 cm³/mol. The third-order valence-corrected chi connectivity index (χ3v) is 4.82. The molecule has 0 aromatic carbocycles. The van der Waals surface area contributed by atoms with Crippen LogP contribution in [-0.2, 0) is 28.8 Å². The molecule has 0 aromatic rings. The van der Waals surface area contributed by atoms with E-state index in [2.05, 4.69) is 28.6 Å². The molecule has 14 heteroatoms. The Morgan fingerprint density at radius 1 is 0.818 bits per heavy atom. The first-order chi connectivity index (χ1) is 15.3. The summed E-state index contributed by atoms with van der Waals surface area (Å²) >= 11 is 3.98. The summed E-state index contributed by atoms with van der Waals surface area (Å²) in [5, 5.41) is 24.8. The van der Waals surface area contributed by atoms with Gasteiger partial charge in [-0.2, -0.15) is 12.6 Å². The molecule has 0 aromatic heterocycles. The molecule has 4 amide bonds. The van der Waals surface area contributed by atoms with Gasteiger partial charge in [0.2, 0.25) is 23.6 Å². The van der Waals surface area contributed by atoms with E-state index in [9.17, 15) is 33.9 Å². The Morgan fingerprint density at radius 2 is 1.30 bits per heavy atom. The first-order valence-corrected chi connectivity index (χ1v) is 10.9. The molecule has 9 N–H and O–H groups in total. The SMILES string of the molecule is CC(C)CC(N)C(=O)NC(CCC(N)=O)C(=O)NC(CS)C(=O)NC(CCC(=O)O)C(=O)O. The Morgan fingerprint density at radius 3 is 1.76 bits per heavy atom. The van der Waals surface area contributed by atoms with E-state index < -0.39 is 66.2 Å². The molecule has 0 heterocycles. The second-order valence-electron chi connectivity index (χ2n) is 7.88. The van der Waals surface area contributed by atoms with Gasteiger partial charge < -0.3 is 37.6 Å². The van der Waals surface area contributed by atoms with Gasteiger partial charge in [0.05, 0.1) is 6.04 Å². The fraction of sp³-hybridized carbons (Fsp3) is 0.684. The molecular weight excluding hydrogens is 458 g/mol. The third-order valence-electron chi connectivity index (χ3n) is 4.45. The Hall–Kier alpha value is -2.87. The zero-order valence-corrected chi connectivity index (χ0v) is 19.5. The number of hydrogen-bond donors (Lipinski definition) is 8. The van der Waals surface area contributed by atoms with Crippen LogP contribution in [0, 0.1) is 5.92 Å². The molecule has 0 radical (unpaired) electrons. The number of nitrogens with one attached hydrogen (secondary N) is 3. The minimum atomic E-state index is -1.49. The van der Waals surface area contributed by atoms with Gasteiger partial charge in [0.25, 0.3) is 0 Å². The highest BCUT2D eigenvalue weighted by Crippen LogP contribution is 2.06. The number of rotatable bonds is 16. The van der Waals surface area contributed by atoms with E-state index >= 15 is 0 Å². The van der Waals surface area contributed by atoms with Gasteiger partial charge in [-0.25, -0.2) is 4.79 Å². The van der Waals surface area contributed by atoms with Gasteiger partial charge in [-0.3, -0.25) is 24.0 Å². The van der Waals surface area contributed by atoms with E-state index in [-0.39, 0.29) is 30.9 Å². The summed E-state index contributed by atoms with van der Waals surface area (Å²) in [5.41, 5.74) is 10.9. The van der Waals surface area contributed by atoms with Crippen molar-refractivity contribution in [2.45, 2.75) is 70.1 Å². The van der Waals surface area contributed by atoms with Gasteiger partial charge in [-0.05, 0) is 25.2 Å². The van der Waals surface area contributed by atoms with Crippen LogP contribution in [0.5, 0.6) is 0 Å². The Labute approximate surface area is 196 Å². The van der Waals surface area contributed by atoms with Crippen LogP contribution in [0.3, 0.4) is 0 Å². The average Bonchev–Trinajstić information content (AvgIpc) is 2.70. The Balaban J connectivity index is 5.30. The standard InChI is InChI=1S/C19H33N5O8S/c1-9(2)7-10(20)16(28)22-11(3-5-14(21)25)17(29)24-13(8-33)18(30)23-12(19(31)32)4-6-15(26)27/h9-13,33H,3-8,20H2,1-2H3,(H2,21,25)(H,22,28)(H,23,30)(H,24,29)(H,26,27)(H,31,32). The normalized spacial score (nSPS) is 14.5. The summed E-state index contributed by atoms with van der Waals surface area (Å²) in [6.07, 6.45) is -0.892. The van der Waals surface area contributed by atoms with Gasteiger partial charge in [0.15, 0.2) is 0 Å². The number of hydrogen-bond acceptors (Lipinski definition) is 8. The highest BCUT2D eigenvalue weighted by molar-refractivity contribution is 7.80. The van der Waals surface area contributed by atoms with Crippen molar-refractivity contribution in [1.29, 1.82) is 0 Å². The van der Waals surface area contributed by atoms with Gasteiger partial charge in [-0.15, -0.1) is 0 Å². The lowest BCUT2D eigenvalue weighted by Crippen LogP contribution is -2.57. The van der Waals surface area contributed by atoms with Crippen molar-refractivity contribution in [3.63, 3.8) is 0 Å². The molecule has 0 saturated carbocycles. The average molecular weight is 492 g/mol. The number of carbonyl (C=O) groups is 6. The monoisotopic (exact) mass is 491 g/mol. The molecule has 0 fully saturated rings. The predicted octanol–water partition coefficient (Wildman–Crippen LogP) is -2.04. The van der Waals surface area contributed by atoms with Crippen LogP contribution in [-0.4, -0.2) is 75.7 Å². The van der Waals surface area contributed by atoms with Crippen LogP contribution in [0.2, 0.25) is 0 Å². The number of thiol groups is 1. The zero-order chi connectivity index (χ0) is 25.7. The van der Waals surface area contributed by atoms with Crippen molar-refractivity contribution < 1.29 is 39.0 Å². The molecule has 4 unspecified atom stereocenters. The van der Waals surface area contributed by atoms with Crippen molar-refractivity contribution in [2.75, 3.05) is 5.75 Å². The van der Waals surface area contributed by atoms with Gasteiger partial charge >= 0.3 is 11.9 Å². The van der Waals surface area contributed by atoms with E-state index in [1.165, 1.54) is 0 Å². The number of aliphatic carboxylic acids is 2. The number of nitrogens with two attached hydrogens (primary N) is 2. The zero-order valence-electron chi connectivity index (χ0n) is 18.6. The molecule has 33 heavy (non-hydrogen) atoms. The van der Waals surface area contributed by atoms with Gasteiger partial charge in [-0.1, -0.05) is 13.8 Å². The molecule has 0 aliphatic carbocycles. The number of primary amides is 1. The van der Waals surface area contributed by atoms with Crippen molar-refractivity contribution >= 4 is 48.2 Å². The smallest absolute Gasteiger partial charge is 0.326 e. The molecule has 0 aliphatic heterocycles. The molecule has 13 nitrogen and oxygen atoms in total. The summed E-state index contributed by atoms with van der Waals surface area (Å²) in [6.45, 7) is 3.72. The van der Waals surface area contributed by atoms with E-state index in [1.807, 2.05) is 13.8 Å². The molecule has 0 saturated heterocycles. The van der Waals surface area contributed by atoms with Gasteiger partial charge in [0.1, 0.15) is 18.1 Å². The minimum absolute atomic E-state index is 0.115. The highest BCUT2D eigenvalue weighted by atomic mass is 32.1.